The third kappa shape index (κ3) is 3.12. The van der Waals surface area contributed by atoms with Gasteiger partial charge in [0.25, 0.3) is 5.70 Å². The van der Waals surface area contributed by atoms with Crippen molar-refractivity contribution in [3.05, 3.63) is 33.3 Å². The second-order valence-corrected chi connectivity index (χ2v) is 6.00. The van der Waals surface area contributed by atoms with Crippen molar-refractivity contribution in [2.45, 2.75) is 44.3 Å². The Morgan fingerprint density at radius 1 is 1.56 bits per heavy atom. The molecule has 1 heterocycles. The molecule has 0 bridgehead atoms. The lowest BCUT2D eigenvalue weighted by Crippen LogP contribution is -2.37. The van der Waals surface area contributed by atoms with Gasteiger partial charge in [0.15, 0.2) is 12.0 Å². The maximum Gasteiger partial charge on any atom is 0.528 e. The van der Waals surface area contributed by atoms with Crippen molar-refractivity contribution in [2.75, 3.05) is 0 Å². The number of piperidine rings is 1. The van der Waals surface area contributed by atoms with Gasteiger partial charge in [-0.1, -0.05) is 5.06 Å². The average Bonchev–Trinajstić information content (AvgIpc) is 3.01. The van der Waals surface area contributed by atoms with E-state index in [1.165, 1.54) is 6.92 Å². The van der Waals surface area contributed by atoms with Crippen LogP contribution in [0, 0.1) is 16.0 Å². The molecule has 0 spiro atoms. The molecule has 1 aliphatic heterocycles. The van der Waals surface area contributed by atoms with Gasteiger partial charge in [-0.05, 0) is 6.92 Å². The number of halogens is 2. The Morgan fingerprint density at radius 2 is 2.24 bits per heavy atom. The first kappa shape index (κ1) is 17.4. The first-order valence-corrected chi connectivity index (χ1v) is 7.48. The molecule has 5 atom stereocenters. The second-order valence-electron chi connectivity index (χ2n) is 6.00. The van der Waals surface area contributed by atoms with Crippen molar-refractivity contribution < 1.29 is 38.0 Å². The van der Waals surface area contributed by atoms with Crippen LogP contribution in [0.15, 0.2) is 23.2 Å². The molecule has 2 aliphatic carbocycles. The van der Waals surface area contributed by atoms with E-state index in [1.54, 1.807) is 0 Å². The van der Waals surface area contributed by atoms with Crippen molar-refractivity contribution in [1.29, 1.82) is 0 Å². The molecule has 3 aliphatic rings. The van der Waals surface area contributed by atoms with E-state index in [4.69, 9.17) is 9.57 Å². The third-order valence-corrected chi connectivity index (χ3v) is 4.40. The number of hydrogen-bond acceptors (Lipinski definition) is 8. The van der Waals surface area contributed by atoms with Crippen LogP contribution in [-0.2, 0) is 14.4 Å². The van der Waals surface area contributed by atoms with Crippen LogP contribution in [0.2, 0.25) is 0 Å². The summed E-state index contributed by atoms with van der Waals surface area (Å²) in [6.07, 6.45) is -5.84. The van der Waals surface area contributed by atoms with E-state index in [0.29, 0.717) is 6.08 Å². The maximum atomic E-state index is 13.5. The molecule has 25 heavy (non-hydrogen) atoms. The van der Waals surface area contributed by atoms with Gasteiger partial charge in [0.1, 0.15) is 24.2 Å². The Labute approximate surface area is 139 Å². The normalized spacial score (nSPS) is 32.8. The van der Waals surface area contributed by atoms with Crippen LogP contribution in [0.1, 0.15) is 19.8 Å². The minimum atomic E-state index is -2.06. The number of ketones is 1. The number of carbonyl (C=O) groups excluding carboxylic acids is 2. The van der Waals surface area contributed by atoms with Crippen molar-refractivity contribution in [3.63, 3.8) is 0 Å². The van der Waals surface area contributed by atoms with E-state index in [-0.39, 0.29) is 23.7 Å². The zero-order chi connectivity index (χ0) is 18.5. The Hall–Kier alpha value is -2.40. The number of rotatable bonds is 4. The SMILES string of the molecule is CC(OC(=O)ON1C(O)CC2C(=O)C21)C1=C([N+](=O)[O-])C=C(F)C(F)C1. The molecule has 1 N–H and O–H groups in total. The average molecular weight is 360 g/mol. The fourth-order valence-electron chi connectivity index (χ4n) is 3.03. The van der Waals surface area contributed by atoms with Crippen LogP contribution in [0.5, 0.6) is 0 Å². The Morgan fingerprint density at radius 3 is 2.84 bits per heavy atom. The molecule has 0 radical (unpaired) electrons. The van der Waals surface area contributed by atoms with E-state index in [9.17, 15) is 33.6 Å². The van der Waals surface area contributed by atoms with Crippen molar-refractivity contribution in [1.82, 2.24) is 5.06 Å². The van der Waals surface area contributed by atoms with Crippen LogP contribution >= 0.6 is 0 Å². The van der Waals surface area contributed by atoms with Crippen LogP contribution < -0.4 is 0 Å². The number of aliphatic hydroxyl groups is 1. The van der Waals surface area contributed by atoms with Crippen molar-refractivity contribution in [3.8, 4) is 0 Å². The number of nitro groups is 1. The predicted octanol–water partition coefficient (Wildman–Crippen LogP) is 1.16. The van der Waals surface area contributed by atoms with Gasteiger partial charge < -0.3 is 14.7 Å². The second kappa shape index (κ2) is 6.15. The van der Waals surface area contributed by atoms with E-state index < -0.39 is 53.6 Å². The summed E-state index contributed by atoms with van der Waals surface area (Å²) in [5.41, 5.74) is -0.900. The molecule has 0 aromatic heterocycles. The molecular formula is C14H14F2N2O7. The van der Waals surface area contributed by atoms with Gasteiger partial charge in [-0.25, -0.2) is 13.6 Å². The van der Waals surface area contributed by atoms with Gasteiger partial charge in [-0.3, -0.25) is 14.9 Å². The van der Waals surface area contributed by atoms with Gasteiger partial charge >= 0.3 is 6.16 Å². The third-order valence-electron chi connectivity index (χ3n) is 4.40. The van der Waals surface area contributed by atoms with Crippen LogP contribution in [0.25, 0.3) is 0 Å². The molecule has 5 unspecified atom stereocenters. The molecule has 2 fully saturated rings. The molecule has 1 saturated carbocycles. The standard InChI is InChI=1S/C14H14F2N2O7/c1-5(6-2-8(15)9(16)4-10(6)18(22)23)24-14(21)25-17-11(19)3-7-12(17)13(7)20/h4-5,7-8,11-12,19H,2-3H2,1H3. The number of hydrogen-bond donors (Lipinski definition) is 1. The molecule has 0 aromatic carbocycles. The topological polar surface area (TPSA) is 119 Å². The Bertz CT molecular complexity index is 707. The highest BCUT2D eigenvalue weighted by Gasteiger charge is 2.63. The van der Waals surface area contributed by atoms with Crippen LogP contribution in [-0.4, -0.2) is 51.6 Å². The summed E-state index contributed by atoms with van der Waals surface area (Å²) in [6, 6.07) is -0.715. The summed E-state index contributed by atoms with van der Waals surface area (Å²) in [7, 11) is 0. The quantitative estimate of drug-likeness (QED) is 0.451. The highest BCUT2D eigenvalue weighted by Crippen LogP contribution is 2.43. The Kier molecular flexibility index (Phi) is 4.29. The van der Waals surface area contributed by atoms with E-state index in [1.807, 2.05) is 0 Å². The number of carbonyl (C=O) groups is 2. The van der Waals surface area contributed by atoms with Gasteiger partial charge in [0.05, 0.1) is 16.6 Å². The lowest BCUT2D eigenvalue weighted by molar-refractivity contribution is -0.421. The summed E-state index contributed by atoms with van der Waals surface area (Å²) in [4.78, 5) is 38.0. The Balaban J connectivity index is 1.67. The fraction of sp³-hybridized carbons (Fsp3) is 0.571. The fourth-order valence-corrected chi connectivity index (χ4v) is 3.03. The first-order chi connectivity index (χ1) is 11.7. The zero-order valence-electron chi connectivity index (χ0n) is 12.9. The molecule has 136 valence electrons. The highest BCUT2D eigenvalue weighted by atomic mass is 19.2. The number of fused-ring (bicyclic) bond motifs is 1. The number of Topliss-reactive ketones (excluding diaryl/α,β-unsaturated/α-hetero) is 1. The monoisotopic (exact) mass is 360 g/mol. The van der Waals surface area contributed by atoms with Crippen LogP contribution in [0.3, 0.4) is 0 Å². The molecule has 11 heteroatoms. The summed E-state index contributed by atoms with van der Waals surface area (Å²) >= 11 is 0. The first-order valence-electron chi connectivity index (χ1n) is 7.48. The molecule has 0 aromatic rings. The number of alkyl halides is 1. The number of nitrogens with zero attached hydrogens (tertiary/aromatic N) is 2. The van der Waals surface area contributed by atoms with Crippen LogP contribution in [0.4, 0.5) is 13.6 Å². The zero-order valence-corrected chi connectivity index (χ0v) is 12.9. The maximum absolute atomic E-state index is 13.5. The molecule has 0 amide bonds. The van der Waals surface area contributed by atoms with E-state index >= 15 is 0 Å². The molecule has 1 saturated heterocycles. The molecule has 9 nitrogen and oxygen atoms in total. The summed E-state index contributed by atoms with van der Waals surface area (Å²) < 4.78 is 31.6. The molecule has 3 rings (SSSR count). The lowest BCUT2D eigenvalue weighted by atomic mass is 9.96. The van der Waals surface area contributed by atoms with E-state index in [2.05, 4.69) is 0 Å². The van der Waals surface area contributed by atoms with Gasteiger partial charge in [-0.15, -0.1) is 0 Å². The lowest BCUT2D eigenvalue weighted by Gasteiger charge is -2.23. The minimum Gasteiger partial charge on any atom is -0.425 e. The number of aliphatic hydroxyl groups excluding tert-OH is 1. The summed E-state index contributed by atoms with van der Waals surface area (Å²) in [5, 5.41) is 21.4. The number of allylic oxidation sites excluding steroid dienone is 2. The summed E-state index contributed by atoms with van der Waals surface area (Å²) in [5.74, 6) is -1.83. The number of ether oxygens (including phenoxy) is 1. The van der Waals surface area contributed by atoms with Gasteiger partial charge in [0.2, 0.25) is 0 Å². The van der Waals surface area contributed by atoms with E-state index in [0.717, 1.165) is 5.06 Å². The molecular weight excluding hydrogens is 346 g/mol. The smallest absolute Gasteiger partial charge is 0.425 e. The van der Waals surface area contributed by atoms with Crippen molar-refractivity contribution >= 4 is 11.9 Å². The van der Waals surface area contributed by atoms with Gasteiger partial charge in [0, 0.05) is 18.8 Å². The predicted molar refractivity (Wildman–Crippen MR) is 74.5 cm³/mol. The largest absolute Gasteiger partial charge is 0.528 e. The minimum absolute atomic E-state index is 0.135. The van der Waals surface area contributed by atoms with Gasteiger partial charge in [-0.2, -0.15) is 0 Å². The summed E-state index contributed by atoms with van der Waals surface area (Å²) in [6.45, 7) is 1.25. The number of hydroxylamine groups is 2. The van der Waals surface area contributed by atoms with Crippen molar-refractivity contribution in [2.24, 2.45) is 5.92 Å². The highest BCUT2D eigenvalue weighted by molar-refractivity contribution is 6.03.